The molecule has 152 valence electrons. The number of esters is 1. The number of hydrogen-bond acceptors (Lipinski definition) is 3. The number of fused-ring (bicyclic) bond motifs is 5. The molecule has 1 heterocycles. The minimum atomic E-state index is -0.00501. The zero-order valence-electron chi connectivity index (χ0n) is 17.6. The third kappa shape index (κ3) is 2.84. The topological polar surface area (TPSA) is 46.6 Å². The minimum absolute atomic E-state index is 0.00501. The Hall–Kier alpha value is -1.06. The molecule has 4 aliphatic rings. The van der Waals surface area contributed by atoms with Crippen LogP contribution in [0.3, 0.4) is 0 Å². The molecule has 1 aliphatic heterocycles. The van der Waals surface area contributed by atoms with Crippen LogP contribution in [0.5, 0.6) is 0 Å². The van der Waals surface area contributed by atoms with Gasteiger partial charge in [0.25, 0.3) is 0 Å². The van der Waals surface area contributed by atoms with E-state index in [1.165, 1.54) is 32.1 Å². The van der Waals surface area contributed by atoms with Crippen LogP contribution < -0.4 is 0 Å². The van der Waals surface area contributed by atoms with Gasteiger partial charge >= 0.3 is 5.97 Å². The zero-order valence-corrected chi connectivity index (χ0v) is 17.6. The molecular formula is C23H37NO3. The van der Waals surface area contributed by atoms with E-state index in [1.54, 1.807) is 0 Å². The highest BCUT2D eigenvalue weighted by atomic mass is 16.5. The summed E-state index contributed by atoms with van der Waals surface area (Å²) in [5.74, 6) is 3.09. The Morgan fingerprint density at radius 1 is 1.07 bits per heavy atom. The zero-order chi connectivity index (χ0) is 19.4. The van der Waals surface area contributed by atoms with Crippen LogP contribution in [0.25, 0.3) is 0 Å². The molecule has 0 radical (unpaired) electrons. The van der Waals surface area contributed by atoms with Crippen molar-refractivity contribution >= 4 is 11.9 Å². The first-order valence-corrected chi connectivity index (χ1v) is 11.2. The largest absolute Gasteiger partial charge is 0.466 e. The first kappa shape index (κ1) is 19.3. The molecule has 0 aromatic carbocycles. The smallest absolute Gasteiger partial charge is 0.306 e. The molecule has 0 bridgehead atoms. The van der Waals surface area contributed by atoms with E-state index in [9.17, 15) is 9.59 Å². The van der Waals surface area contributed by atoms with Crippen LogP contribution in [-0.4, -0.2) is 36.5 Å². The van der Waals surface area contributed by atoms with Gasteiger partial charge in [-0.05, 0) is 86.4 Å². The Morgan fingerprint density at radius 3 is 2.56 bits per heavy atom. The second-order valence-corrected chi connectivity index (χ2v) is 10.3. The number of piperidine rings is 1. The van der Waals surface area contributed by atoms with Crippen LogP contribution in [0.15, 0.2) is 0 Å². The summed E-state index contributed by atoms with van der Waals surface area (Å²) in [5.41, 5.74) is 0.583. The van der Waals surface area contributed by atoms with Crippen LogP contribution in [0.1, 0.15) is 78.6 Å². The number of likely N-dealkylation sites (tertiary alicyclic amines) is 1. The third-order valence-corrected chi connectivity index (χ3v) is 9.47. The van der Waals surface area contributed by atoms with Gasteiger partial charge in [-0.25, -0.2) is 0 Å². The van der Waals surface area contributed by atoms with E-state index in [0.717, 1.165) is 37.0 Å². The van der Waals surface area contributed by atoms with Gasteiger partial charge in [-0.1, -0.05) is 13.8 Å². The van der Waals surface area contributed by atoms with Crippen molar-refractivity contribution in [1.29, 1.82) is 0 Å². The normalized spacial score (nSPS) is 46.4. The average molecular weight is 376 g/mol. The van der Waals surface area contributed by atoms with E-state index in [2.05, 4.69) is 18.7 Å². The minimum Gasteiger partial charge on any atom is -0.466 e. The van der Waals surface area contributed by atoms with E-state index < -0.39 is 0 Å². The first-order valence-electron chi connectivity index (χ1n) is 11.2. The summed E-state index contributed by atoms with van der Waals surface area (Å²) in [6, 6.07) is 0.432. The Labute approximate surface area is 164 Å². The molecule has 3 saturated carbocycles. The third-order valence-electron chi connectivity index (χ3n) is 9.47. The number of carbonyl (C=O) groups excluding carboxylic acids is 2. The van der Waals surface area contributed by atoms with E-state index in [-0.39, 0.29) is 11.4 Å². The molecule has 7 unspecified atom stereocenters. The van der Waals surface area contributed by atoms with Crippen molar-refractivity contribution in [1.82, 2.24) is 4.90 Å². The molecule has 4 nitrogen and oxygen atoms in total. The van der Waals surface area contributed by atoms with Crippen molar-refractivity contribution in [3.63, 3.8) is 0 Å². The fourth-order valence-electron chi connectivity index (χ4n) is 8.02. The Morgan fingerprint density at radius 2 is 1.81 bits per heavy atom. The van der Waals surface area contributed by atoms with Gasteiger partial charge in [-0.2, -0.15) is 0 Å². The predicted octanol–water partition coefficient (Wildman–Crippen LogP) is 4.42. The average Bonchev–Trinajstić information content (AvgIpc) is 2.95. The molecule has 4 fully saturated rings. The Bertz CT molecular complexity index is 619. The van der Waals surface area contributed by atoms with Crippen LogP contribution in [0.4, 0.5) is 0 Å². The highest BCUT2D eigenvalue weighted by Crippen LogP contribution is 2.66. The number of amides is 1. The van der Waals surface area contributed by atoms with Crippen molar-refractivity contribution in [2.45, 2.75) is 84.6 Å². The lowest BCUT2D eigenvalue weighted by molar-refractivity contribution is -0.159. The Kier molecular flexibility index (Phi) is 4.83. The summed E-state index contributed by atoms with van der Waals surface area (Å²) >= 11 is 0. The molecular weight excluding hydrogens is 338 g/mol. The van der Waals surface area contributed by atoms with Gasteiger partial charge in [0.05, 0.1) is 6.61 Å². The first-order chi connectivity index (χ1) is 12.8. The lowest BCUT2D eigenvalue weighted by atomic mass is 9.46. The summed E-state index contributed by atoms with van der Waals surface area (Å²) in [4.78, 5) is 26.5. The number of ether oxygens (including phenoxy) is 1. The van der Waals surface area contributed by atoms with Crippen LogP contribution in [0, 0.1) is 34.5 Å². The summed E-state index contributed by atoms with van der Waals surface area (Å²) in [6.45, 7) is 7.33. The standard InChI is InChI=1S/C23H37NO3/c1-5-27-21(26)14-15-6-8-17-16-7-9-19-23(3,13-11-20(25)24(19)4)18(16)10-12-22(15,17)2/h15-19H,5-14H2,1-4H3. The van der Waals surface area contributed by atoms with Gasteiger partial charge in [-0.3, -0.25) is 9.59 Å². The molecule has 4 rings (SSSR count). The fraction of sp³-hybridized carbons (Fsp3) is 0.913. The highest BCUT2D eigenvalue weighted by molar-refractivity contribution is 5.77. The van der Waals surface area contributed by atoms with Gasteiger partial charge in [0.15, 0.2) is 0 Å². The monoisotopic (exact) mass is 375 g/mol. The van der Waals surface area contributed by atoms with Gasteiger partial charge in [0, 0.05) is 25.9 Å². The maximum atomic E-state index is 12.3. The quantitative estimate of drug-likeness (QED) is 0.686. The molecule has 0 N–H and O–H groups in total. The number of carbonyl (C=O) groups is 2. The van der Waals surface area contributed by atoms with E-state index in [4.69, 9.17) is 4.74 Å². The van der Waals surface area contributed by atoms with Crippen molar-refractivity contribution in [3.8, 4) is 0 Å². The number of hydrogen-bond donors (Lipinski definition) is 0. The Balaban J connectivity index is 1.54. The molecule has 1 amide bonds. The number of nitrogens with zero attached hydrogens (tertiary/aromatic N) is 1. The van der Waals surface area contributed by atoms with Crippen LogP contribution in [0.2, 0.25) is 0 Å². The summed E-state index contributed by atoms with van der Waals surface area (Å²) < 4.78 is 5.27. The van der Waals surface area contributed by atoms with E-state index in [1.807, 2.05) is 14.0 Å². The molecule has 7 atom stereocenters. The van der Waals surface area contributed by atoms with Crippen LogP contribution in [-0.2, 0) is 14.3 Å². The lowest BCUT2D eigenvalue weighted by Crippen LogP contribution is -2.61. The molecule has 27 heavy (non-hydrogen) atoms. The maximum absolute atomic E-state index is 12.3. The lowest BCUT2D eigenvalue weighted by Gasteiger charge is -2.61. The maximum Gasteiger partial charge on any atom is 0.306 e. The van der Waals surface area contributed by atoms with Gasteiger partial charge < -0.3 is 9.64 Å². The summed E-state index contributed by atoms with van der Waals surface area (Å²) in [7, 11) is 2.03. The fourth-order valence-corrected chi connectivity index (χ4v) is 8.02. The second kappa shape index (κ2) is 6.77. The summed E-state index contributed by atoms with van der Waals surface area (Å²) in [6.07, 6.45) is 9.78. The van der Waals surface area contributed by atoms with Gasteiger partial charge in [0.1, 0.15) is 0 Å². The van der Waals surface area contributed by atoms with Crippen LogP contribution >= 0.6 is 0 Å². The van der Waals surface area contributed by atoms with Gasteiger partial charge in [-0.15, -0.1) is 0 Å². The molecule has 0 spiro atoms. The second-order valence-electron chi connectivity index (χ2n) is 10.3. The highest BCUT2D eigenvalue weighted by Gasteiger charge is 2.61. The van der Waals surface area contributed by atoms with Gasteiger partial charge in [0.2, 0.25) is 5.91 Å². The van der Waals surface area contributed by atoms with Crippen molar-refractivity contribution in [2.75, 3.05) is 13.7 Å². The molecule has 3 aliphatic carbocycles. The SMILES string of the molecule is CCOC(=O)CC1CCC2C3CCC4N(C)C(=O)CCC4(C)C3CCC12C. The molecule has 0 aromatic rings. The molecule has 0 aromatic heterocycles. The van der Waals surface area contributed by atoms with Crippen molar-refractivity contribution in [2.24, 2.45) is 34.5 Å². The van der Waals surface area contributed by atoms with E-state index in [0.29, 0.717) is 36.3 Å². The van der Waals surface area contributed by atoms with Crippen molar-refractivity contribution < 1.29 is 14.3 Å². The number of rotatable bonds is 3. The van der Waals surface area contributed by atoms with E-state index >= 15 is 0 Å². The van der Waals surface area contributed by atoms with Crippen molar-refractivity contribution in [3.05, 3.63) is 0 Å². The predicted molar refractivity (Wildman–Crippen MR) is 105 cm³/mol. The molecule has 1 saturated heterocycles. The molecule has 4 heteroatoms. The summed E-state index contributed by atoms with van der Waals surface area (Å²) in [5, 5.41) is 0.